The molecule has 2 aromatic rings. The lowest BCUT2D eigenvalue weighted by molar-refractivity contribution is 0.0951. The Bertz CT molecular complexity index is 816. The van der Waals surface area contributed by atoms with Gasteiger partial charge in [0.1, 0.15) is 5.82 Å². The summed E-state index contributed by atoms with van der Waals surface area (Å²) in [5.41, 5.74) is 2.90. The maximum Gasteiger partial charge on any atom is 0.251 e. The van der Waals surface area contributed by atoms with Gasteiger partial charge >= 0.3 is 0 Å². The van der Waals surface area contributed by atoms with E-state index in [1.807, 2.05) is 18.2 Å². The number of nitrogens with one attached hydrogen (secondary N) is 1. The molecule has 1 saturated carbocycles. The Balaban J connectivity index is 1.73. The lowest BCUT2D eigenvalue weighted by Crippen LogP contribution is -2.25. The van der Waals surface area contributed by atoms with Gasteiger partial charge in [0.25, 0.3) is 5.91 Å². The van der Waals surface area contributed by atoms with Crippen LogP contribution in [0.25, 0.3) is 0 Å². The van der Waals surface area contributed by atoms with E-state index in [9.17, 15) is 4.79 Å². The van der Waals surface area contributed by atoms with E-state index < -0.39 is 0 Å². The highest BCUT2D eigenvalue weighted by Gasteiger charge is 2.23. The van der Waals surface area contributed by atoms with Gasteiger partial charge in [-0.2, -0.15) is 0 Å². The fraction of sp³-hybridized carbons (Fsp3) is 0.500. The molecule has 1 N–H and O–H groups in total. The first-order valence-corrected chi connectivity index (χ1v) is 11.1. The van der Waals surface area contributed by atoms with E-state index in [0.29, 0.717) is 12.0 Å². The van der Waals surface area contributed by atoms with E-state index in [1.54, 1.807) is 11.8 Å². The minimum Gasteiger partial charge on any atom is -0.357 e. The molecule has 0 aliphatic heterocycles. The van der Waals surface area contributed by atoms with Crippen LogP contribution in [0.5, 0.6) is 0 Å². The SMILES string of the molecule is CCN(CC)c1cc(C(C)C)nc(SCc2cccc(C(=O)NC3CC3)c2)n1. The molecule has 0 saturated heterocycles. The molecule has 6 heteroatoms. The van der Waals surface area contributed by atoms with Crippen molar-refractivity contribution in [1.29, 1.82) is 0 Å². The predicted molar refractivity (Wildman–Crippen MR) is 116 cm³/mol. The number of nitrogens with zero attached hydrogens (tertiary/aromatic N) is 3. The summed E-state index contributed by atoms with van der Waals surface area (Å²) in [6, 6.07) is 10.3. The summed E-state index contributed by atoms with van der Waals surface area (Å²) in [5, 5.41) is 3.84. The average Bonchev–Trinajstić information content (AvgIpc) is 3.51. The molecule has 0 unspecified atom stereocenters. The van der Waals surface area contributed by atoms with Crippen LogP contribution in [0.2, 0.25) is 0 Å². The maximum absolute atomic E-state index is 12.3. The molecule has 0 atom stereocenters. The number of aromatic nitrogens is 2. The summed E-state index contributed by atoms with van der Waals surface area (Å²) in [7, 11) is 0. The molecule has 1 aromatic heterocycles. The summed E-state index contributed by atoms with van der Waals surface area (Å²) in [5.74, 6) is 2.11. The average molecular weight is 399 g/mol. The normalized spacial score (nSPS) is 13.6. The van der Waals surface area contributed by atoms with E-state index in [0.717, 1.165) is 59.5 Å². The van der Waals surface area contributed by atoms with Gasteiger partial charge in [0.15, 0.2) is 5.16 Å². The van der Waals surface area contributed by atoms with Gasteiger partial charge in [0.2, 0.25) is 0 Å². The van der Waals surface area contributed by atoms with Crippen molar-refractivity contribution in [3.8, 4) is 0 Å². The monoisotopic (exact) mass is 398 g/mol. The fourth-order valence-electron chi connectivity index (χ4n) is 2.95. The Kier molecular flexibility index (Phi) is 6.94. The molecule has 0 bridgehead atoms. The van der Waals surface area contributed by atoms with Gasteiger partial charge in [-0.3, -0.25) is 4.79 Å². The third-order valence-corrected chi connectivity index (χ3v) is 5.78. The third-order valence-electron chi connectivity index (χ3n) is 4.86. The molecule has 5 nitrogen and oxygen atoms in total. The quantitative estimate of drug-likeness (QED) is 0.493. The first-order chi connectivity index (χ1) is 13.5. The van der Waals surface area contributed by atoms with Gasteiger partial charge in [-0.15, -0.1) is 0 Å². The summed E-state index contributed by atoms with van der Waals surface area (Å²) in [4.78, 5) is 24.1. The van der Waals surface area contributed by atoms with Crippen LogP contribution in [-0.2, 0) is 5.75 Å². The summed E-state index contributed by atoms with van der Waals surface area (Å²) < 4.78 is 0. The zero-order chi connectivity index (χ0) is 20.1. The molecule has 0 radical (unpaired) electrons. The van der Waals surface area contributed by atoms with E-state index in [1.165, 1.54) is 0 Å². The second-order valence-corrected chi connectivity index (χ2v) is 8.44. The highest BCUT2D eigenvalue weighted by molar-refractivity contribution is 7.98. The molecule has 1 aromatic carbocycles. The standard InChI is InChI=1S/C22H30N4OS/c1-5-26(6-2)20-13-19(15(3)4)24-22(25-20)28-14-16-8-7-9-17(12-16)21(27)23-18-10-11-18/h7-9,12-13,15,18H,5-6,10-11,14H2,1-4H3,(H,23,27). The Labute approximate surface area is 172 Å². The van der Waals surface area contributed by atoms with Crippen LogP contribution in [0.3, 0.4) is 0 Å². The van der Waals surface area contributed by atoms with Crippen molar-refractivity contribution in [2.45, 2.75) is 63.4 Å². The number of amides is 1. The summed E-state index contributed by atoms with van der Waals surface area (Å²) >= 11 is 1.62. The van der Waals surface area contributed by atoms with Crippen molar-refractivity contribution in [3.63, 3.8) is 0 Å². The molecule has 1 aliphatic rings. The minimum absolute atomic E-state index is 0.0243. The van der Waals surface area contributed by atoms with Gasteiger partial charge in [-0.25, -0.2) is 9.97 Å². The van der Waals surface area contributed by atoms with Crippen LogP contribution < -0.4 is 10.2 Å². The molecule has 1 heterocycles. The van der Waals surface area contributed by atoms with Gasteiger partial charge in [-0.1, -0.05) is 37.7 Å². The summed E-state index contributed by atoms with van der Waals surface area (Å²) in [6.07, 6.45) is 2.19. The number of rotatable bonds is 9. The highest BCUT2D eigenvalue weighted by Crippen LogP contribution is 2.26. The first kappa shape index (κ1) is 20.6. The van der Waals surface area contributed by atoms with E-state index in [4.69, 9.17) is 9.97 Å². The molecular formula is C22H30N4OS. The third kappa shape index (κ3) is 5.47. The predicted octanol–water partition coefficient (Wildman–Crippen LogP) is 4.63. The number of benzene rings is 1. The number of anilines is 1. The lowest BCUT2D eigenvalue weighted by atomic mass is 10.1. The lowest BCUT2D eigenvalue weighted by Gasteiger charge is -2.21. The van der Waals surface area contributed by atoms with Crippen molar-refractivity contribution in [2.75, 3.05) is 18.0 Å². The Hall–Kier alpha value is -2.08. The van der Waals surface area contributed by atoms with Crippen molar-refractivity contribution in [2.24, 2.45) is 0 Å². The Morgan fingerprint density at radius 3 is 2.61 bits per heavy atom. The number of hydrogen-bond acceptors (Lipinski definition) is 5. The molecule has 1 aliphatic carbocycles. The van der Waals surface area contributed by atoms with Gasteiger partial charge < -0.3 is 10.2 Å². The second kappa shape index (κ2) is 9.41. The fourth-order valence-corrected chi connectivity index (χ4v) is 3.75. The number of carbonyl (C=O) groups excluding carboxylic acids is 1. The first-order valence-electron chi connectivity index (χ1n) is 10.2. The van der Waals surface area contributed by atoms with Crippen molar-refractivity contribution < 1.29 is 4.79 Å². The minimum atomic E-state index is 0.0243. The molecule has 1 amide bonds. The maximum atomic E-state index is 12.3. The van der Waals surface area contributed by atoms with Crippen LogP contribution in [0, 0.1) is 0 Å². The van der Waals surface area contributed by atoms with Gasteiger partial charge in [0, 0.05) is 42.2 Å². The van der Waals surface area contributed by atoms with Crippen LogP contribution in [0.1, 0.15) is 68.1 Å². The summed E-state index contributed by atoms with van der Waals surface area (Å²) in [6.45, 7) is 10.5. The van der Waals surface area contributed by atoms with Crippen molar-refractivity contribution in [3.05, 3.63) is 47.2 Å². The second-order valence-electron chi connectivity index (χ2n) is 7.50. The Morgan fingerprint density at radius 2 is 1.96 bits per heavy atom. The zero-order valence-electron chi connectivity index (χ0n) is 17.2. The van der Waals surface area contributed by atoms with Gasteiger partial charge in [0.05, 0.1) is 0 Å². The largest absolute Gasteiger partial charge is 0.357 e. The topological polar surface area (TPSA) is 58.1 Å². The molecule has 1 fully saturated rings. The molecule has 28 heavy (non-hydrogen) atoms. The van der Waals surface area contributed by atoms with Crippen molar-refractivity contribution in [1.82, 2.24) is 15.3 Å². The molecular weight excluding hydrogens is 368 g/mol. The van der Waals surface area contributed by atoms with Crippen molar-refractivity contribution >= 4 is 23.5 Å². The van der Waals surface area contributed by atoms with Crippen LogP contribution in [0.15, 0.2) is 35.5 Å². The number of thioether (sulfide) groups is 1. The van der Waals surface area contributed by atoms with E-state index in [-0.39, 0.29) is 5.91 Å². The molecule has 3 rings (SSSR count). The van der Waals surface area contributed by atoms with E-state index in [2.05, 4.69) is 50.0 Å². The molecule has 150 valence electrons. The van der Waals surface area contributed by atoms with E-state index >= 15 is 0 Å². The molecule has 0 spiro atoms. The number of hydrogen-bond donors (Lipinski definition) is 1. The van der Waals surface area contributed by atoms with Crippen LogP contribution in [-0.4, -0.2) is 35.0 Å². The Morgan fingerprint density at radius 1 is 1.21 bits per heavy atom. The number of carbonyl (C=O) groups is 1. The zero-order valence-corrected chi connectivity index (χ0v) is 18.1. The van der Waals surface area contributed by atoms with Gasteiger partial charge in [-0.05, 0) is 50.3 Å². The van der Waals surface area contributed by atoms with Crippen LogP contribution in [0.4, 0.5) is 5.82 Å². The smallest absolute Gasteiger partial charge is 0.251 e. The van der Waals surface area contributed by atoms with Crippen LogP contribution >= 0.6 is 11.8 Å². The highest BCUT2D eigenvalue weighted by atomic mass is 32.2.